The molecule has 0 aliphatic carbocycles. The summed E-state index contributed by atoms with van der Waals surface area (Å²) in [5.74, 6) is -0.458. The third kappa shape index (κ3) is 2.59. The van der Waals surface area contributed by atoms with Gasteiger partial charge in [-0.05, 0) is 32.9 Å². The maximum absolute atomic E-state index is 11.9. The number of nitrogens with zero attached hydrogens (tertiary/aromatic N) is 1. The summed E-state index contributed by atoms with van der Waals surface area (Å²) in [5, 5.41) is 0.838. The molecule has 2 N–H and O–H groups in total. The number of carbonyl (C=O) groups excluding carboxylic acids is 1. The largest absolute Gasteiger partial charge is 0.455 e. The third-order valence-corrected chi connectivity index (χ3v) is 2.36. The summed E-state index contributed by atoms with van der Waals surface area (Å²) in [7, 11) is 0. The first kappa shape index (κ1) is 12.4. The Hall–Kier alpha value is -2.10. The topological polar surface area (TPSA) is 65.2 Å². The van der Waals surface area contributed by atoms with Gasteiger partial charge in [0.15, 0.2) is 5.69 Å². The van der Waals surface area contributed by atoms with Crippen LogP contribution in [0, 0.1) is 0 Å². The van der Waals surface area contributed by atoms with E-state index in [0.717, 1.165) is 5.39 Å². The summed E-state index contributed by atoms with van der Waals surface area (Å²) in [6.07, 6.45) is 0. The van der Waals surface area contributed by atoms with Crippen LogP contribution in [-0.4, -0.2) is 16.6 Å². The van der Waals surface area contributed by atoms with Gasteiger partial charge in [0.1, 0.15) is 5.60 Å². The van der Waals surface area contributed by atoms with E-state index in [1.807, 2.05) is 45.0 Å². The van der Waals surface area contributed by atoms with Crippen molar-refractivity contribution in [2.75, 3.05) is 5.73 Å². The van der Waals surface area contributed by atoms with Crippen LogP contribution in [0.1, 0.15) is 31.3 Å². The predicted octanol–water partition coefficient (Wildman–Crippen LogP) is 2.77. The Morgan fingerprint density at radius 1 is 1.28 bits per heavy atom. The number of aromatic nitrogens is 1. The minimum absolute atomic E-state index is 0.237. The number of fused-ring (bicyclic) bond motifs is 1. The van der Waals surface area contributed by atoms with Crippen molar-refractivity contribution in [1.82, 2.24) is 4.98 Å². The highest BCUT2D eigenvalue weighted by atomic mass is 16.6. The highest BCUT2D eigenvalue weighted by molar-refractivity contribution is 5.96. The Morgan fingerprint density at radius 3 is 2.61 bits per heavy atom. The van der Waals surface area contributed by atoms with E-state index in [0.29, 0.717) is 11.2 Å². The van der Waals surface area contributed by atoms with Gasteiger partial charge in [0.2, 0.25) is 0 Å². The number of hydrogen-bond donors (Lipinski definition) is 1. The lowest BCUT2D eigenvalue weighted by Crippen LogP contribution is -2.24. The van der Waals surface area contributed by atoms with Gasteiger partial charge in [-0.3, -0.25) is 0 Å². The Kier molecular flexibility index (Phi) is 2.95. The number of pyridine rings is 1. The van der Waals surface area contributed by atoms with Crippen molar-refractivity contribution in [2.24, 2.45) is 0 Å². The van der Waals surface area contributed by atoms with E-state index in [4.69, 9.17) is 10.5 Å². The lowest BCUT2D eigenvalue weighted by atomic mass is 10.1. The van der Waals surface area contributed by atoms with E-state index in [-0.39, 0.29) is 5.69 Å². The molecule has 0 bridgehead atoms. The van der Waals surface area contributed by atoms with Crippen molar-refractivity contribution in [3.63, 3.8) is 0 Å². The first-order valence-corrected chi connectivity index (χ1v) is 5.75. The van der Waals surface area contributed by atoms with E-state index >= 15 is 0 Å². The molecule has 0 unspecified atom stereocenters. The molecule has 0 atom stereocenters. The van der Waals surface area contributed by atoms with Gasteiger partial charge in [0.05, 0.1) is 5.52 Å². The molecule has 0 aliphatic rings. The molecule has 0 radical (unpaired) electrons. The number of nitrogen functional groups attached to an aromatic ring is 1. The van der Waals surface area contributed by atoms with Crippen LogP contribution in [0.4, 0.5) is 5.69 Å². The van der Waals surface area contributed by atoms with Crippen LogP contribution >= 0.6 is 0 Å². The van der Waals surface area contributed by atoms with Gasteiger partial charge in [-0.25, -0.2) is 9.78 Å². The van der Waals surface area contributed by atoms with Crippen molar-refractivity contribution in [3.8, 4) is 0 Å². The highest BCUT2D eigenvalue weighted by Gasteiger charge is 2.19. The van der Waals surface area contributed by atoms with Crippen molar-refractivity contribution >= 4 is 22.6 Å². The lowest BCUT2D eigenvalue weighted by molar-refractivity contribution is 0.00633. The Bertz CT molecular complexity index is 600. The SMILES string of the molecule is CC(C)(C)OC(=O)c1cc(N)c2ccccc2n1. The Balaban J connectivity index is 2.44. The fraction of sp³-hybridized carbons (Fsp3) is 0.286. The average Bonchev–Trinajstić information content (AvgIpc) is 2.26. The van der Waals surface area contributed by atoms with Crippen LogP contribution in [-0.2, 0) is 4.74 Å². The summed E-state index contributed by atoms with van der Waals surface area (Å²) >= 11 is 0. The second-order valence-electron chi connectivity index (χ2n) is 5.12. The van der Waals surface area contributed by atoms with Gasteiger partial charge < -0.3 is 10.5 Å². The molecule has 2 rings (SSSR count). The van der Waals surface area contributed by atoms with Gasteiger partial charge in [0, 0.05) is 11.1 Å². The minimum Gasteiger partial charge on any atom is -0.455 e. The maximum atomic E-state index is 11.9. The zero-order chi connectivity index (χ0) is 13.3. The van der Waals surface area contributed by atoms with Gasteiger partial charge in [-0.1, -0.05) is 18.2 Å². The van der Waals surface area contributed by atoms with Crippen molar-refractivity contribution < 1.29 is 9.53 Å². The van der Waals surface area contributed by atoms with Crippen LogP contribution in [0.3, 0.4) is 0 Å². The number of ether oxygens (including phenoxy) is 1. The number of rotatable bonds is 1. The van der Waals surface area contributed by atoms with Crippen molar-refractivity contribution in [1.29, 1.82) is 0 Å². The number of benzene rings is 1. The Morgan fingerprint density at radius 2 is 1.94 bits per heavy atom. The summed E-state index contributed by atoms with van der Waals surface area (Å²) < 4.78 is 5.27. The zero-order valence-corrected chi connectivity index (χ0v) is 10.7. The molecule has 0 aliphatic heterocycles. The minimum atomic E-state index is -0.542. The fourth-order valence-electron chi connectivity index (χ4n) is 1.64. The second-order valence-corrected chi connectivity index (χ2v) is 5.12. The summed E-state index contributed by atoms with van der Waals surface area (Å²) in [4.78, 5) is 16.2. The summed E-state index contributed by atoms with van der Waals surface area (Å²) in [6, 6.07) is 8.98. The molecular weight excluding hydrogens is 228 g/mol. The van der Waals surface area contributed by atoms with E-state index in [1.54, 1.807) is 6.07 Å². The zero-order valence-electron chi connectivity index (χ0n) is 10.7. The molecule has 0 saturated carbocycles. The van der Waals surface area contributed by atoms with Crippen LogP contribution in [0.2, 0.25) is 0 Å². The number of nitrogens with two attached hydrogens (primary N) is 1. The highest BCUT2D eigenvalue weighted by Crippen LogP contribution is 2.21. The van der Waals surface area contributed by atoms with Crippen molar-refractivity contribution in [2.45, 2.75) is 26.4 Å². The fourth-order valence-corrected chi connectivity index (χ4v) is 1.64. The summed E-state index contributed by atoms with van der Waals surface area (Å²) in [6.45, 7) is 5.44. The van der Waals surface area contributed by atoms with E-state index in [2.05, 4.69) is 4.98 Å². The van der Waals surface area contributed by atoms with Gasteiger partial charge in [0.25, 0.3) is 0 Å². The molecule has 94 valence electrons. The van der Waals surface area contributed by atoms with Crippen LogP contribution in [0.15, 0.2) is 30.3 Å². The molecule has 4 nitrogen and oxygen atoms in total. The van der Waals surface area contributed by atoms with Crippen molar-refractivity contribution in [3.05, 3.63) is 36.0 Å². The van der Waals surface area contributed by atoms with E-state index < -0.39 is 11.6 Å². The number of hydrogen-bond acceptors (Lipinski definition) is 4. The van der Waals surface area contributed by atoms with Gasteiger partial charge in [-0.2, -0.15) is 0 Å². The number of para-hydroxylation sites is 1. The van der Waals surface area contributed by atoms with Gasteiger partial charge in [-0.15, -0.1) is 0 Å². The third-order valence-electron chi connectivity index (χ3n) is 2.36. The number of anilines is 1. The van der Waals surface area contributed by atoms with Crippen LogP contribution in [0.25, 0.3) is 10.9 Å². The first-order valence-electron chi connectivity index (χ1n) is 5.75. The first-order chi connectivity index (χ1) is 8.37. The number of esters is 1. The van der Waals surface area contributed by atoms with E-state index in [1.165, 1.54) is 0 Å². The Labute approximate surface area is 106 Å². The van der Waals surface area contributed by atoms with Crippen LogP contribution in [0.5, 0.6) is 0 Å². The average molecular weight is 244 g/mol. The van der Waals surface area contributed by atoms with E-state index in [9.17, 15) is 4.79 Å². The molecule has 2 aromatic rings. The molecule has 1 aromatic carbocycles. The molecule has 0 fully saturated rings. The van der Waals surface area contributed by atoms with Crippen LogP contribution < -0.4 is 5.73 Å². The molecule has 0 saturated heterocycles. The van der Waals surface area contributed by atoms with Gasteiger partial charge >= 0.3 is 5.97 Å². The predicted molar refractivity (Wildman–Crippen MR) is 71.3 cm³/mol. The molecule has 18 heavy (non-hydrogen) atoms. The number of carbonyl (C=O) groups is 1. The second kappa shape index (κ2) is 4.29. The smallest absolute Gasteiger partial charge is 0.357 e. The molecule has 0 amide bonds. The normalized spacial score (nSPS) is 11.5. The standard InChI is InChI=1S/C14H16N2O2/c1-14(2,3)18-13(17)12-8-10(15)9-6-4-5-7-11(9)16-12/h4-8H,1-3H3,(H2,15,16). The monoisotopic (exact) mass is 244 g/mol. The maximum Gasteiger partial charge on any atom is 0.357 e. The quantitative estimate of drug-likeness (QED) is 0.783. The molecule has 0 spiro atoms. The lowest BCUT2D eigenvalue weighted by Gasteiger charge is -2.19. The molecule has 1 aromatic heterocycles. The summed E-state index contributed by atoms with van der Waals surface area (Å²) in [5.41, 5.74) is 6.83. The molecule has 4 heteroatoms. The molecular formula is C14H16N2O2. The molecule has 1 heterocycles.